The summed E-state index contributed by atoms with van der Waals surface area (Å²) in [7, 11) is 1.27. The van der Waals surface area contributed by atoms with E-state index in [1.54, 1.807) is 0 Å². The molecule has 0 saturated heterocycles. The predicted octanol–water partition coefficient (Wildman–Crippen LogP) is 1.69. The van der Waals surface area contributed by atoms with Crippen molar-refractivity contribution >= 4 is 17.6 Å². The number of ether oxygens (including phenoxy) is 1. The quantitative estimate of drug-likeness (QED) is 0.806. The van der Waals surface area contributed by atoms with Gasteiger partial charge in [-0.1, -0.05) is 17.7 Å². The van der Waals surface area contributed by atoms with E-state index in [1.807, 2.05) is 0 Å². The minimum Gasteiger partial charge on any atom is -0.469 e. The number of benzene rings is 1. The summed E-state index contributed by atoms with van der Waals surface area (Å²) >= 11 is 5.80. The van der Waals surface area contributed by atoms with Gasteiger partial charge in [0, 0.05) is 11.6 Å². The molecule has 1 unspecified atom stereocenters. The van der Waals surface area contributed by atoms with Crippen LogP contribution in [0.3, 0.4) is 0 Å². The molecule has 0 bridgehead atoms. The van der Waals surface area contributed by atoms with E-state index in [4.69, 9.17) is 17.3 Å². The molecule has 0 heterocycles. The van der Waals surface area contributed by atoms with E-state index >= 15 is 0 Å². The summed E-state index contributed by atoms with van der Waals surface area (Å²) in [5, 5.41) is 0.177. The molecule has 3 nitrogen and oxygen atoms in total. The summed E-state index contributed by atoms with van der Waals surface area (Å²) in [6.45, 7) is 0.0675. The molecule has 0 amide bonds. The number of rotatable bonds is 3. The Morgan fingerprint density at radius 2 is 2.33 bits per heavy atom. The number of carbonyl (C=O) groups excluding carboxylic acids is 1. The van der Waals surface area contributed by atoms with Gasteiger partial charge >= 0.3 is 5.97 Å². The number of hydrogen-bond donors (Lipinski definition) is 1. The van der Waals surface area contributed by atoms with Crippen LogP contribution in [0.5, 0.6) is 0 Å². The van der Waals surface area contributed by atoms with Crippen LogP contribution in [0.4, 0.5) is 4.39 Å². The Balaban J connectivity index is 3.07. The highest BCUT2D eigenvalue weighted by Gasteiger charge is 2.22. The van der Waals surface area contributed by atoms with Gasteiger partial charge < -0.3 is 10.5 Å². The number of esters is 1. The summed E-state index contributed by atoms with van der Waals surface area (Å²) < 4.78 is 17.3. The van der Waals surface area contributed by atoms with Crippen LogP contribution in [0.15, 0.2) is 18.2 Å². The van der Waals surface area contributed by atoms with Gasteiger partial charge in [-0.15, -0.1) is 0 Å². The second-order valence-corrected chi connectivity index (χ2v) is 3.38. The molecule has 0 aliphatic carbocycles. The van der Waals surface area contributed by atoms with E-state index in [2.05, 4.69) is 4.74 Å². The average Bonchev–Trinajstić information content (AvgIpc) is 2.21. The normalized spacial score (nSPS) is 12.3. The lowest BCUT2D eigenvalue weighted by molar-refractivity contribution is -0.142. The first-order chi connectivity index (χ1) is 7.10. The molecule has 5 heteroatoms. The zero-order valence-electron chi connectivity index (χ0n) is 8.17. The summed E-state index contributed by atoms with van der Waals surface area (Å²) in [4.78, 5) is 11.3. The monoisotopic (exact) mass is 231 g/mol. The zero-order chi connectivity index (χ0) is 11.4. The van der Waals surface area contributed by atoms with E-state index in [0.29, 0.717) is 5.56 Å². The number of hydrogen-bond acceptors (Lipinski definition) is 3. The second-order valence-electron chi connectivity index (χ2n) is 2.98. The lowest BCUT2D eigenvalue weighted by Crippen LogP contribution is -2.23. The first-order valence-corrected chi connectivity index (χ1v) is 4.70. The Hall–Kier alpha value is -1.13. The van der Waals surface area contributed by atoms with Crippen molar-refractivity contribution in [1.82, 2.24) is 0 Å². The Morgan fingerprint density at radius 1 is 1.67 bits per heavy atom. The van der Waals surface area contributed by atoms with E-state index in [9.17, 15) is 9.18 Å². The molecule has 1 aromatic rings. The zero-order valence-corrected chi connectivity index (χ0v) is 8.92. The molecule has 0 aliphatic rings. The summed E-state index contributed by atoms with van der Waals surface area (Å²) in [5.41, 5.74) is 5.91. The number of methoxy groups -OCH3 is 1. The standard InChI is InChI=1S/C10H11ClFNO2/c1-15-10(14)8(5-13)7-3-2-6(12)4-9(7)11/h2-4,8H,5,13H2,1H3. The summed E-state index contributed by atoms with van der Waals surface area (Å²) in [6, 6.07) is 3.81. The molecule has 1 atom stereocenters. The van der Waals surface area contributed by atoms with Gasteiger partial charge in [-0.3, -0.25) is 4.79 Å². The van der Waals surface area contributed by atoms with E-state index in [0.717, 1.165) is 6.07 Å². The molecular weight excluding hydrogens is 221 g/mol. The molecule has 0 aromatic heterocycles. The molecule has 2 N–H and O–H groups in total. The molecule has 1 rings (SSSR count). The van der Waals surface area contributed by atoms with Crippen molar-refractivity contribution in [1.29, 1.82) is 0 Å². The summed E-state index contributed by atoms with van der Waals surface area (Å²) in [5.74, 6) is -1.58. The molecule has 0 aliphatic heterocycles. The van der Waals surface area contributed by atoms with Crippen LogP contribution in [0.1, 0.15) is 11.5 Å². The highest BCUT2D eigenvalue weighted by molar-refractivity contribution is 6.31. The van der Waals surface area contributed by atoms with Crippen molar-refractivity contribution in [2.24, 2.45) is 5.73 Å². The van der Waals surface area contributed by atoms with E-state index in [-0.39, 0.29) is 11.6 Å². The third-order valence-corrected chi connectivity index (χ3v) is 2.39. The van der Waals surface area contributed by atoms with Crippen LogP contribution in [0, 0.1) is 5.82 Å². The fourth-order valence-electron chi connectivity index (χ4n) is 1.28. The third kappa shape index (κ3) is 2.67. The van der Waals surface area contributed by atoms with Gasteiger partial charge in [0.1, 0.15) is 5.82 Å². The molecule has 15 heavy (non-hydrogen) atoms. The van der Waals surface area contributed by atoms with Gasteiger partial charge in [0.25, 0.3) is 0 Å². The van der Waals surface area contributed by atoms with Crippen LogP contribution >= 0.6 is 11.6 Å². The van der Waals surface area contributed by atoms with Crippen molar-refractivity contribution in [3.63, 3.8) is 0 Å². The van der Waals surface area contributed by atoms with Gasteiger partial charge in [0.2, 0.25) is 0 Å². The molecule has 0 spiro atoms. The topological polar surface area (TPSA) is 52.3 Å². The van der Waals surface area contributed by atoms with Crippen LogP contribution < -0.4 is 5.73 Å². The van der Waals surface area contributed by atoms with E-state index in [1.165, 1.54) is 19.2 Å². The number of nitrogens with two attached hydrogens (primary N) is 1. The molecule has 0 fully saturated rings. The van der Waals surface area contributed by atoms with Gasteiger partial charge in [0.15, 0.2) is 0 Å². The molecule has 82 valence electrons. The molecule has 1 aromatic carbocycles. The van der Waals surface area contributed by atoms with Crippen molar-refractivity contribution < 1.29 is 13.9 Å². The molecule has 0 saturated carbocycles. The Bertz CT molecular complexity index is 370. The Kier molecular flexibility index (Phi) is 4.05. The SMILES string of the molecule is COC(=O)C(CN)c1ccc(F)cc1Cl. The first kappa shape index (κ1) is 11.9. The van der Waals surface area contributed by atoms with Gasteiger partial charge in [-0.05, 0) is 17.7 Å². The molecular formula is C10H11ClFNO2. The average molecular weight is 232 g/mol. The number of carbonyl (C=O) groups is 1. The fraction of sp³-hybridized carbons (Fsp3) is 0.300. The predicted molar refractivity (Wildman–Crippen MR) is 55.2 cm³/mol. The van der Waals surface area contributed by atoms with Crippen LogP contribution in [-0.2, 0) is 9.53 Å². The first-order valence-electron chi connectivity index (χ1n) is 4.33. The van der Waals surface area contributed by atoms with Crippen LogP contribution in [0.25, 0.3) is 0 Å². The maximum atomic E-state index is 12.8. The fourth-order valence-corrected chi connectivity index (χ4v) is 1.58. The minimum absolute atomic E-state index is 0.0675. The van der Waals surface area contributed by atoms with E-state index < -0.39 is 17.7 Å². The molecule has 0 radical (unpaired) electrons. The minimum atomic E-state index is -0.650. The van der Waals surface area contributed by atoms with Crippen LogP contribution in [0.2, 0.25) is 5.02 Å². The number of halogens is 2. The smallest absolute Gasteiger partial charge is 0.314 e. The third-order valence-electron chi connectivity index (χ3n) is 2.06. The maximum absolute atomic E-state index is 12.8. The highest BCUT2D eigenvalue weighted by Crippen LogP contribution is 2.25. The lowest BCUT2D eigenvalue weighted by atomic mass is 9.99. The van der Waals surface area contributed by atoms with Gasteiger partial charge in [-0.2, -0.15) is 0 Å². The summed E-state index contributed by atoms with van der Waals surface area (Å²) in [6.07, 6.45) is 0. The lowest BCUT2D eigenvalue weighted by Gasteiger charge is -2.13. The van der Waals surface area contributed by atoms with Crippen molar-refractivity contribution in [2.45, 2.75) is 5.92 Å². The second kappa shape index (κ2) is 5.09. The van der Waals surface area contributed by atoms with Crippen LogP contribution in [-0.4, -0.2) is 19.6 Å². The maximum Gasteiger partial charge on any atom is 0.314 e. The highest BCUT2D eigenvalue weighted by atomic mass is 35.5. The van der Waals surface area contributed by atoms with Crippen molar-refractivity contribution in [2.75, 3.05) is 13.7 Å². The van der Waals surface area contributed by atoms with Gasteiger partial charge in [-0.25, -0.2) is 4.39 Å². The Labute approximate surface area is 92.0 Å². The van der Waals surface area contributed by atoms with Crippen molar-refractivity contribution in [3.8, 4) is 0 Å². The largest absolute Gasteiger partial charge is 0.469 e. The van der Waals surface area contributed by atoms with Crippen molar-refractivity contribution in [3.05, 3.63) is 34.6 Å². The Morgan fingerprint density at radius 3 is 2.80 bits per heavy atom. The van der Waals surface area contributed by atoms with Gasteiger partial charge in [0.05, 0.1) is 13.0 Å².